The third-order valence-electron chi connectivity index (χ3n) is 2.94. The van der Waals surface area contributed by atoms with Crippen LogP contribution >= 0.6 is 27.5 Å². The first-order valence-electron chi connectivity index (χ1n) is 6.96. The highest BCUT2D eigenvalue weighted by molar-refractivity contribution is 9.10. The standard InChI is InChI=1S/C17H19BrClNO/c1-12(2)11-21-17-6-4-3-5-16(17)20-10-13-9-14(18)7-8-15(13)19/h3-9,12,20H,10-11H2,1-2H3. The normalized spacial score (nSPS) is 10.7. The summed E-state index contributed by atoms with van der Waals surface area (Å²) >= 11 is 9.68. The first kappa shape index (κ1) is 16.2. The summed E-state index contributed by atoms with van der Waals surface area (Å²) in [7, 11) is 0. The van der Waals surface area contributed by atoms with Crippen molar-refractivity contribution in [1.82, 2.24) is 0 Å². The van der Waals surface area contributed by atoms with Crippen LogP contribution in [0.15, 0.2) is 46.9 Å². The van der Waals surface area contributed by atoms with Crippen LogP contribution in [0.4, 0.5) is 5.69 Å². The number of halogens is 2. The summed E-state index contributed by atoms with van der Waals surface area (Å²) < 4.78 is 6.86. The average molecular weight is 369 g/mol. The molecule has 2 nitrogen and oxygen atoms in total. The maximum Gasteiger partial charge on any atom is 0.142 e. The Morgan fingerprint density at radius 2 is 1.95 bits per heavy atom. The second kappa shape index (κ2) is 7.71. The van der Waals surface area contributed by atoms with E-state index in [1.807, 2.05) is 42.5 Å². The maximum atomic E-state index is 6.21. The Balaban J connectivity index is 2.07. The molecule has 0 fully saturated rings. The Bertz CT molecular complexity index is 601. The molecule has 0 spiro atoms. The monoisotopic (exact) mass is 367 g/mol. The zero-order valence-corrected chi connectivity index (χ0v) is 14.5. The van der Waals surface area contributed by atoms with Crippen LogP contribution in [0.1, 0.15) is 19.4 Å². The molecule has 112 valence electrons. The summed E-state index contributed by atoms with van der Waals surface area (Å²) in [6.45, 7) is 5.63. The Labute approximate surface area is 139 Å². The number of anilines is 1. The molecule has 0 atom stereocenters. The quantitative estimate of drug-likeness (QED) is 0.701. The van der Waals surface area contributed by atoms with E-state index in [-0.39, 0.29) is 0 Å². The van der Waals surface area contributed by atoms with Gasteiger partial charge in [-0.25, -0.2) is 0 Å². The lowest BCUT2D eigenvalue weighted by Crippen LogP contribution is -2.07. The number of ether oxygens (including phenoxy) is 1. The van der Waals surface area contributed by atoms with Crippen LogP contribution in [0.3, 0.4) is 0 Å². The minimum absolute atomic E-state index is 0.498. The highest BCUT2D eigenvalue weighted by atomic mass is 79.9. The van der Waals surface area contributed by atoms with Crippen molar-refractivity contribution in [1.29, 1.82) is 0 Å². The van der Waals surface area contributed by atoms with Crippen molar-refractivity contribution < 1.29 is 4.74 Å². The van der Waals surface area contributed by atoms with Gasteiger partial charge in [0.1, 0.15) is 5.75 Å². The van der Waals surface area contributed by atoms with E-state index in [4.69, 9.17) is 16.3 Å². The fraction of sp³-hybridized carbons (Fsp3) is 0.294. The van der Waals surface area contributed by atoms with Crippen molar-refractivity contribution in [3.63, 3.8) is 0 Å². The highest BCUT2D eigenvalue weighted by Gasteiger charge is 2.06. The van der Waals surface area contributed by atoms with Gasteiger partial charge in [0.25, 0.3) is 0 Å². The van der Waals surface area contributed by atoms with Crippen LogP contribution in [-0.4, -0.2) is 6.61 Å². The maximum absolute atomic E-state index is 6.21. The predicted octanol–water partition coefficient (Wildman–Crippen LogP) is 5.75. The largest absolute Gasteiger partial charge is 0.491 e. The molecular weight excluding hydrogens is 350 g/mol. The summed E-state index contributed by atoms with van der Waals surface area (Å²) in [4.78, 5) is 0. The third-order valence-corrected chi connectivity index (χ3v) is 3.80. The van der Waals surface area contributed by atoms with Crippen molar-refractivity contribution in [3.05, 3.63) is 57.5 Å². The van der Waals surface area contributed by atoms with Gasteiger partial charge in [-0.2, -0.15) is 0 Å². The van der Waals surface area contributed by atoms with Gasteiger partial charge >= 0.3 is 0 Å². The minimum Gasteiger partial charge on any atom is -0.491 e. The van der Waals surface area contributed by atoms with E-state index < -0.39 is 0 Å². The van der Waals surface area contributed by atoms with Crippen molar-refractivity contribution in [2.45, 2.75) is 20.4 Å². The van der Waals surface area contributed by atoms with E-state index in [0.717, 1.165) is 26.5 Å². The molecule has 0 radical (unpaired) electrons. The molecule has 0 heterocycles. The topological polar surface area (TPSA) is 21.3 Å². The molecule has 0 saturated carbocycles. The van der Waals surface area contributed by atoms with Crippen molar-refractivity contribution in [3.8, 4) is 5.75 Å². The Morgan fingerprint density at radius 1 is 1.19 bits per heavy atom. The molecule has 21 heavy (non-hydrogen) atoms. The number of hydrogen-bond acceptors (Lipinski definition) is 2. The number of nitrogens with one attached hydrogen (secondary N) is 1. The third kappa shape index (κ3) is 4.94. The van der Waals surface area contributed by atoms with Gasteiger partial charge in [-0.3, -0.25) is 0 Å². The van der Waals surface area contributed by atoms with Crippen LogP contribution in [0.5, 0.6) is 5.75 Å². The lowest BCUT2D eigenvalue weighted by atomic mass is 10.2. The molecule has 0 amide bonds. The fourth-order valence-corrected chi connectivity index (χ4v) is 2.46. The molecule has 2 rings (SSSR count). The predicted molar refractivity (Wildman–Crippen MR) is 93.3 cm³/mol. The van der Waals surface area contributed by atoms with Crippen LogP contribution in [-0.2, 0) is 6.54 Å². The van der Waals surface area contributed by atoms with Crippen molar-refractivity contribution >= 4 is 33.2 Å². The van der Waals surface area contributed by atoms with Crippen LogP contribution in [0, 0.1) is 5.92 Å². The molecule has 0 aromatic heterocycles. The molecule has 2 aromatic carbocycles. The molecule has 0 bridgehead atoms. The number of hydrogen-bond donors (Lipinski definition) is 1. The lowest BCUT2D eigenvalue weighted by Gasteiger charge is -2.15. The van der Waals surface area contributed by atoms with E-state index in [0.29, 0.717) is 19.1 Å². The summed E-state index contributed by atoms with van der Waals surface area (Å²) in [6, 6.07) is 13.8. The molecular formula is C17H19BrClNO. The minimum atomic E-state index is 0.498. The van der Waals surface area contributed by atoms with Crippen molar-refractivity contribution in [2.24, 2.45) is 5.92 Å². The Morgan fingerprint density at radius 3 is 2.71 bits per heavy atom. The molecule has 0 aliphatic carbocycles. The van der Waals surface area contributed by atoms with Gasteiger partial charge in [-0.1, -0.05) is 53.5 Å². The van der Waals surface area contributed by atoms with Crippen LogP contribution < -0.4 is 10.1 Å². The highest BCUT2D eigenvalue weighted by Crippen LogP contribution is 2.27. The summed E-state index contributed by atoms with van der Waals surface area (Å²) in [5, 5.41) is 4.15. The Hall–Kier alpha value is -1.19. The van der Waals surface area contributed by atoms with E-state index >= 15 is 0 Å². The van der Waals surface area contributed by atoms with Gasteiger partial charge in [0, 0.05) is 16.0 Å². The number of benzene rings is 2. The molecule has 0 aliphatic heterocycles. The van der Waals surface area contributed by atoms with Gasteiger partial charge < -0.3 is 10.1 Å². The SMILES string of the molecule is CC(C)COc1ccccc1NCc1cc(Br)ccc1Cl. The molecule has 2 aromatic rings. The molecule has 0 aliphatic rings. The first-order chi connectivity index (χ1) is 10.1. The van der Waals surface area contributed by atoms with E-state index in [9.17, 15) is 0 Å². The fourth-order valence-electron chi connectivity index (χ4n) is 1.86. The molecule has 1 N–H and O–H groups in total. The zero-order chi connectivity index (χ0) is 15.2. The lowest BCUT2D eigenvalue weighted by molar-refractivity contribution is 0.272. The summed E-state index contributed by atoms with van der Waals surface area (Å²) in [5.41, 5.74) is 2.03. The van der Waals surface area contributed by atoms with Crippen molar-refractivity contribution in [2.75, 3.05) is 11.9 Å². The van der Waals surface area contributed by atoms with Gasteiger partial charge in [-0.15, -0.1) is 0 Å². The molecule has 0 saturated heterocycles. The zero-order valence-electron chi connectivity index (χ0n) is 12.2. The van der Waals surface area contributed by atoms with Gasteiger partial charge in [-0.05, 0) is 41.8 Å². The van der Waals surface area contributed by atoms with E-state index in [1.54, 1.807) is 0 Å². The van der Waals surface area contributed by atoms with E-state index in [1.165, 1.54) is 0 Å². The second-order valence-corrected chi connectivity index (χ2v) is 6.61. The summed E-state index contributed by atoms with van der Waals surface area (Å²) in [6.07, 6.45) is 0. The molecule has 4 heteroatoms. The van der Waals surface area contributed by atoms with Crippen LogP contribution in [0.2, 0.25) is 5.02 Å². The summed E-state index contributed by atoms with van der Waals surface area (Å²) in [5.74, 6) is 1.37. The first-order valence-corrected chi connectivity index (χ1v) is 8.13. The number of para-hydroxylation sites is 2. The average Bonchev–Trinajstić information content (AvgIpc) is 2.47. The molecule has 0 unspecified atom stereocenters. The second-order valence-electron chi connectivity index (χ2n) is 5.29. The van der Waals surface area contributed by atoms with Gasteiger partial charge in [0.05, 0.1) is 12.3 Å². The smallest absolute Gasteiger partial charge is 0.142 e. The van der Waals surface area contributed by atoms with Gasteiger partial charge in [0.15, 0.2) is 0 Å². The van der Waals surface area contributed by atoms with Gasteiger partial charge in [0.2, 0.25) is 0 Å². The van der Waals surface area contributed by atoms with E-state index in [2.05, 4.69) is 35.1 Å². The Kier molecular flexibility index (Phi) is 5.95. The van der Waals surface area contributed by atoms with Crippen LogP contribution in [0.25, 0.3) is 0 Å². The number of rotatable bonds is 6.